The van der Waals surface area contributed by atoms with Gasteiger partial charge in [-0.25, -0.2) is 9.97 Å². The molecular formula is C8H11N5S. The first-order valence-corrected chi connectivity index (χ1v) is 5.18. The van der Waals surface area contributed by atoms with Gasteiger partial charge in [0.05, 0.1) is 11.6 Å². The zero-order valence-corrected chi connectivity index (χ0v) is 8.42. The van der Waals surface area contributed by atoms with E-state index in [4.69, 9.17) is 5.73 Å². The maximum atomic E-state index is 5.40. The van der Waals surface area contributed by atoms with Crippen LogP contribution in [0.5, 0.6) is 0 Å². The van der Waals surface area contributed by atoms with Crippen LogP contribution in [-0.2, 0) is 0 Å². The molecule has 0 fully saturated rings. The molecule has 2 aromatic rings. The van der Waals surface area contributed by atoms with Crippen molar-refractivity contribution >= 4 is 27.6 Å². The van der Waals surface area contributed by atoms with Gasteiger partial charge in [-0.05, 0) is 24.5 Å². The van der Waals surface area contributed by atoms with Gasteiger partial charge < -0.3 is 11.1 Å². The number of hydrogen-bond donors (Lipinski definition) is 2. The van der Waals surface area contributed by atoms with Gasteiger partial charge in [0.25, 0.3) is 0 Å². The standard InChI is InChI=1S/C8H11N5S/c9-2-1-3-10-7-6-4-13-14-8(6)12-5-11-7/h4-5H,1-3,9H2,(H,10,11,12). The molecule has 0 aromatic carbocycles. The largest absolute Gasteiger partial charge is 0.369 e. The molecule has 0 aliphatic rings. The van der Waals surface area contributed by atoms with Crippen molar-refractivity contribution in [1.82, 2.24) is 14.3 Å². The maximum Gasteiger partial charge on any atom is 0.148 e. The molecule has 0 atom stereocenters. The van der Waals surface area contributed by atoms with Gasteiger partial charge in [0.2, 0.25) is 0 Å². The average Bonchev–Trinajstić information content (AvgIpc) is 2.67. The van der Waals surface area contributed by atoms with Crippen molar-refractivity contribution in [2.24, 2.45) is 5.73 Å². The first-order valence-electron chi connectivity index (χ1n) is 4.41. The van der Waals surface area contributed by atoms with E-state index in [9.17, 15) is 0 Å². The third-order valence-electron chi connectivity index (χ3n) is 1.84. The first kappa shape index (κ1) is 9.29. The predicted molar refractivity (Wildman–Crippen MR) is 57.4 cm³/mol. The summed E-state index contributed by atoms with van der Waals surface area (Å²) in [5, 5.41) is 4.19. The monoisotopic (exact) mass is 209 g/mol. The fourth-order valence-electron chi connectivity index (χ4n) is 1.15. The Kier molecular flexibility index (Phi) is 2.85. The second-order valence-corrected chi connectivity index (χ2v) is 3.62. The molecule has 0 radical (unpaired) electrons. The van der Waals surface area contributed by atoms with Crippen LogP contribution in [0, 0.1) is 0 Å². The minimum atomic E-state index is 0.684. The summed E-state index contributed by atoms with van der Waals surface area (Å²) in [6, 6.07) is 0. The van der Waals surface area contributed by atoms with Crippen LogP contribution in [0.1, 0.15) is 6.42 Å². The third-order valence-corrected chi connectivity index (χ3v) is 2.55. The SMILES string of the molecule is NCCCNc1ncnc2sncc12. The highest BCUT2D eigenvalue weighted by Gasteiger charge is 2.03. The van der Waals surface area contributed by atoms with Crippen LogP contribution >= 0.6 is 11.5 Å². The van der Waals surface area contributed by atoms with Gasteiger partial charge in [-0.15, -0.1) is 0 Å². The Balaban J connectivity index is 2.19. The van der Waals surface area contributed by atoms with Crippen molar-refractivity contribution in [3.63, 3.8) is 0 Å². The van der Waals surface area contributed by atoms with Crippen molar-refractivity contribution in [2.45, 2.75) is 6.42 Å². The van der Waals surface area contributed by atoms with Crippen molar-refractivity contribution < 1.29 is 0 Å². The topological polar surface area (TPSA) is 76.7 Å². The molecule has 0 spiro atoms. The molecule has 0 amide bonds. The number of aromatic nitrogens is 3. The fraction of sp³-hybridized carbons (Fsp3) is 0.375. The fourth-order valence-corrected chi connectivity index (χ4v) is 1.75. The summed E-state index contributed by atoms with van der Waals surface area (Å²) in [4.78, 5) is 9.18. The molecule has 0 saturated heterocycles. The molecule has 0 bridgehead atoms. The number of nitrogens with one attached hydrogen (secondary N) is 1. The summed E-state index contributed by atoms with van der Waals surface area (Å²) in [5.41, 5.74) is 5.40. The van der Waals surface area contributed by atoms with Crippen LogP contribution in [-0.4, -0.2) is 27.4 Å². The summed E-state index contributed by atoms with van der Waals surface area (Å²) in [6.45, 7) is 1.52. The van der Waals surface area contributed by atoms with Crippen molar-refractivity contribution in [3.05, 3.63) is 12.5 Å². The molecule has 2 aromatic heterocycles. The highest BCUT2D eigenvalue weighted by molar-refractivity contribution is 7.12. The lowest BCUT2D eigenvalue weighted by Crippen LogP contribution is -2.09. The Morgan fingerprint density at radius 2 is 2.36 bits per heavy atom. The minimum Gasteiger partial charge on any atom is -0.369 e. The van der Waals surface area contributed by atoms with Crippen LogP contribution in [0.3, 0.4) is 0 Å². The highest BCUT2D eigenvalue weighted by atomic mass is 32.1. The summed E-state index contributed by atoms with van der Waals surface area (Å²) in [7, 11) is 0. The van der Waals surface area contributed by atoms with Crippen molar-refractivity contribution in [1.29, 1.82) is 0 Å². The van der Waals surface area contributed by atoms with Crippen molar-refractivity contribution in [2.75, 3.05) is 18.4 Å². The Morgan fingerprint density at radius 3 is 3.21 bits per heavy atom. The number of nitrogens with zero attached hydrogens (tertiary/aromatic N) is 3. The van der Waals surface area contributed by atoms with E-state index in [1.54, 1.807) is 12.5 Å². The van der Waals surface area contributed by atoms with Gasteiger partial charge in [0, 0.05) is 6.54 Å². The second kappa shape index (κ2) is 4.30. The summed E-state index contributed by atoms with van der Waals surface area (Å²) >= 11 is 1.37. The minimum absolute atomic E-state index is 0.684. The zero-order chi connectivity index (χ0) is 9.80. The normalized spacial score (nSPS) is 10.6. The van der Waals surface area contributed by atoms with Crippen LogP contribution in [0.2, 0.25) is 0 Å². The van der Waals surface area contributed by atoms with E-state index in [1.807, 2.05) is 0 Å². The number of fused-ring (bicyclic) bond motifs is 1. The summed E-state index contributed by atoms with van der Waals surface area (Å²) in [6.07, 6.45) is 4.26. The number of anilines is 1. The Hall–Kier alpha value is -1.27. The lowest BCUT2D eigenvalue weighted by molar-refractivity contribution is 0.871. The molecule has 2 heterocycles. The van der Waals surface area contributed by atoms with Gasteiger partial charge in [-0.1, -0.05) is 0 Å². The first-order chi connectivity index (χ1) is 6.92. The van der Waals surface area contributed by atoms with Crippen molar-refractivity contribution in [3.8, 4) is 0 Å². The molecule has 0 saturated carbocycles. The predicted octanol–water partition coefficient (Wildman–Crippen LogP) is 0.847. The summed E-state index contributed by atoms with van der Waals surface area (Å²) in [5.74, 6) is 0.845. The Bertz CT molecular complexity index is 413. The molecule has 74 valence electrons. The summed E-state index contributed by atoms with van der Waals surface area (Å²) < 4.78 is 4.06. The molecule has 14 heavy (non-hydrogen) atoms. The highest BCUT2D eigenvalue weighted by Crippen LogP contribution is 2.20. The van der Waals surface area contributed by atoms with Gasteiger partial charge >= 0.3 is 0 Å². The molecule has 6 heteroatoms. The number of nitrogens with two attached hydrogens (primary N) is 1. The van der Waals surface area contributed by atoms with E-state index in [0.717, 1.165) is 29.0 Å². The Labute approximate surface area is 85.5 Å². The lowest BCUT2D eigenvalue weighted by atomic mass is 10.4. The molecule has 0 aliphatic carbocycles. The van der Waals surface area contributed by atoms with Gasteiger partial charge in [0.1, 0.15) is 17.0 Å². The van der Waals surface area contributed by atoms with E-state index in [0.29, 0.717) is 6.54 Å². The van der Waals surface area contributed by atoms with E-state index in [2.05, 4.69) is 19.7 Å². The van der Waals surface area contributed by atoms with Crippen LogP contribution in [0.15, 0.2) is 12.5 Å². The van der Waals surface area contributed by atoms with E-state index < -0.39 is 0 Å². The molecule has 0 aliphatic heterocycles. The van der Waals surface area contributed by atoms with Crippen LogP contribution in [0.4, 0.5) is 5.82 Å². The maximum absolute atomic E-state index is 5.40. The van der Waals surface area contributed by atoms with E-state index >= 15 is 0 Å². The molecule has 0 unspecified atom stereocenters. The number of rotatable bonds is 4. The quantitative estimate of drug-likeness (QED) is 0.730. The lowest BCUT2D eigenvalue weighted by Gasteiger charge is -2.03. The van der Waals surface area contributed by atoms with Gasteiger partial charge in [0.15, 0.2) is 0 Å². The average molecular weight is 209 g/mol. The molecule has 5 nitrogen and oxygen atoms in total. The Morgan fingerprint density at radius 1 is 1.43 bits per heavy atom. The third kappa shape index (κ3) is 1.80. The smallest absolute Gasteiger partial charge is 0.148 e. The van der Waals surface area contributed by atoms with Gasteiger partial charge in [-0.3, -0.25) is 0 Å². The molecular weight excluding hydrogens is 198 g/mol. The molecule has 2 rings (SSSR count). The van der Waals surface area contributed by atoms with Crippen LogP contribution < -0.4 is 11.1 Å². The van der Waals surface area contributed by atoms with Crippen LogP contribution in [0.25, 0.3) is 10.2 Å². The molecule has 3 N–H and O–H groups in total. The van der Waals surface area contributed by atoms with E-state index in [-0.39, 0.29) is 0 Å². The number of hydrogen-bond acceptors (Lipinski definition) is 6. The second-order valence-electron chi connectivity index (χ2n) is 2.84. The zero-order valence-electron chi connectivity index (χ0n) is 7.60. The van der Waals surface area contributed by atoms with E-state index in [1.165, 1.54) is 11.5 Å². The van der Waals surface area contributed by atoms with Gasteiger partial charge in [-0.2, -0.15) is 4.37 Å².